The molecular formula is C27H32N2O10. The van der Waals surface area contributed by atoms with E-state index in [1.807, 2.05) is 0 Å². The first-order valence-corrected chi connectivity index (χ1v) is 12.6. The second-order valence-corrected chi connectivity index (χ2v) is 9.92. The maximum atomic E-state index is 12.9. The quantitative estimate of drug-likeness (QED) is 0.170. The van der Waals surface area contributed by atoms with Gasteiger partial charge in [0.25, 0.3) is 0 Å². The lowest BCUT2D eigenvalue weighted by Crippen LogP contribution is -2.32. The number of aromatic nitrogens is 2. The zero-order valence-electron chi connectivity index (χ0n) is 22.3. The Morgan fingerprint density at radius 2 is 1.74 bits per heavy atom. The van der Waals surface area contributed by atoms with Crippen molar-refractivity contribution in [2.75, 3.05) is 6.79 Å². The smallest absolute Gasteiger partial charge is 0.357 e. The van der Waals surface area contributed by atoms with E-state index < -0.39 is 43.2 Å². The van der Waals surface area contributed by atoms with E-state index >= 15 is 0 Å². The van der Waals surface area contributed by atoms with Crippen LogP contribution in [0, 0.1) is 17.8 Å². The van der Waals surface area contributed by atoms with E-state index in [-0.39, 0.29) is 24.0 Å². The predicted octanol–water partition coefficient (Wildman–Crippen LogP) is 4.56. The number of hydrogen-bond acceptors (Lipinski definition) is 10. The van der Waals surface area contributed by atoms with Gasteiger partial charge in [0.2, 0.25) is 6.29 Å². The number of fused-ring (bicyclic) bond motifs is 2. The van der Waals surface area contributed by atoms with Gasteiger partial charge in [0.05, 0.1) is 41.1 Å². The number of rotatable bonds is 12. The topological polar surface area (TPSA) is 166 Å². The number of esters is 3. The van der Waals surface area contributed by atoms with Crippen LogP contribution >= 0.6 is 0 Å². The second-order valence-electron chi connectivity index (χ2n) is 9.92. The van der Waals surface area contributed by atoms with E-state index in [1.165, 1.54) is 18.6 Å². The van der Waals surface area contributed by atoms with Crippen molar-refractivity contribution >= 4 is 40.1 Å². The highest BCUT2D eigenvalue weighted by molar-refractivity contribution is 5.93. The Morgan fingerprint density at radius 3 is 2.44 bits per heavy atom. The minimum Gasteiger partial charge on any atom is -0.463 e. The highest BCUT2D eigenvalue weighted by Gasteiger charge is 2.28. The van der Waals surface area contributed by atoms with Crippen molar-refractivity contribution in [1.82, 2.24) is 9.97 Å². The van der Waals surface area contributed by atoms with Crippen LogP contribution in [-0.2, 0) is 35.0 Å². The van der Waals surface area contributed by atoms with Crippen molar-refractivity contribution in [2.24, 2.45) is 17.8 Å². The molecule has 4 aromatic rings. The molecule has 0 spiro atoms. The molecule has 0 bridgehead atoms. The molecule has 0 aliphatic rings. The lowest BCUT2D eigenvalue weighted by molar-refractivity contribution is -0.190. The number of carbonyl (C=O) groups excluding carboxylic acids is 3. The summed E-state index contributed by atoms with van der Waals surface area (Å²) < 4.78 is 31.9. The van der Waals surface area contributed by atoms with E-state index in [4.69, 9.17) is 27.8 Å². The van der Waals surface area contributed by atoms with Gasteiger partial charge in [-0.25, -0.2) is 4.79 Å². The molecule has 0 aliphatic heterocycles. The Kier molecular flexibility index (Phi) is 8.46. The van der Waals surface area contributed by atoms with Gasteiger partial charge >= 0.3 is 17.9 Å². The van der Waals surface area contributed by atoms with Crippen LogP contribution in [0.4, 0.5) is 0 Å². The van der Waals surface area contributed by atoms with Gasteiger partial charge in [0.15, 0.2) is 24.2 Å². The fourth-order valence-corrected chi connectivity index (χ4v) is 3.74. The third kappa shape index (κ3) is 6.52. The molecule has 3 atom stereocenters. The molecule has 210 valence electrons. The molecular weight excluding hydrogens is 512 g/mol. The van der Waals surface area contributed by atoms with Crippen LogP contribution in [0.2, 0.25) is 0 Å². The highest BCUT2D eigenvalue weighted by atomic mass is 16.7. The zero-order chi connectivity index (χ0) is 28.3. The molecule has 0 amide bonds. The minimum atomic E-state index is -1.38. The van der Waals surface area contributed by atoms with Crippen LogP contribution in [0.5, 0.6) is 0 Å². The number of H-pyrrole nitrogens is 2. The average molecular weight is 545 g/mol. The highest BCUT2D eigenvalue weighted by Crippen LogP contribution is 2.28. The SMILES string of the molecule is CC(C)C(=O)OCOC(O)c1cc2occ(CC(C)C(=O)OC(OC(=O)c3cc4occc4[nH]3)C(C)C)c2[nH]1. The van der Waals surface area contributed by atoms with Gasteiger partial charge < -0.3 is 42.9 Å². The van der Waals surface area contributed by atoms with Gasteiger partial charge in [-0.1, -0.05) is 34.6 Å². The van der Waals surface area contributed by atoms with Gasteiger partial charge in [0, 0.05) is 29.7 Å². The Balaban J connectivity index is 1.34. The summed E-state index contributed by atoms with van der Waals surface area (Å²) >= 11 is 0. The summed E-state index contributed by atoms with van der Waals surface area (Å²) in [6, 6.07) is 4.77. The van der Waals surface area contributed by atoms with Crippen molar-refractivity contribution in [2.45, 2.75) is 53.6 Å². The van der Waals surface area contributed by atoms with E-state index in [2.05, 4.69) is 9.97 Å². The van der Waals surface area contributed by atoms with Crippen molar-refractivity contribution in [3.63, 3.8) is 0 Å². The van der Waals surface area contributed by atoms with E-state index in [1.54, 1.807) is 46.8 Å². The summed E-state index contributed by atoms with van der Waals surface area (Å²) in [5, 5.41) is 10.3. The van der Waals surface area contributed by atoms with Gasteiger partial charge in [-0.15, -0.1) is 0 Å². The number of nitrogens with one attached hydrogen (secondary N) is 2. The molecule has 4 heterocycles. The van der Waals surface area contributed by atoms with Crippen LogP contribution in [0.1, 0.15) is 62.7 Å². The predicted molar refractivity (Wildman–Crippen MR) is 136 cm³/mol. The fourth-order valence-electron chi connectivity index (χ4n) is 3.74. The van der Waals surface area contributed by atoms with Gasteiger partial charge in [-0.3, -0.25) is 9.59 Å². The first-order valence-electron chi connectivity index (χ1n) is 12.6. The third-order valence-electron chi connectivity index (χ3n) is 6.00. The Labute approximate surface area is 223 Å². The second kappa shape index (κ2) is 11.8. The molecule has 0 saturated carbocycles. The first kappa shape index (κ1) is 28.0. The summed E-state index contributed by atoms with van der Waals surface area (Å²) in [6.45, 7) is 8.19. The monoisotopic (exact) mass is 544 g/mol. The standard InChI is InChI=1S/C27H32N2O10/c1-13(2)23(30)36-12-37-25(32)18-10-21-22(29-18)16(11-35-21)8-15(5)24(31)38-27(14(3)4)39-26(33)19-9-20-17(28-19)6-7-34-20/h6-7,9-11,13-15,25,27-29,32H,8,12H2,1-5H3. The first-order chi connectivity index (χ1) is 18.5. The van der Waals surface area contributed by atoms with Gasteiger partial charge in [-0.05, 0) is 6.42 Å². The largest absolute Gasteiger partial charge is 0.463 e. The minimum absolute atomic E-state index is 0.187. The summed E-state index contributed by atoms with van der Waals surface area (Å²) in [5.74, 6) is -2.89. The molecule has 0 fully saturated rings. The normalized spacial score (nSPS) is 14.2. The van der Waals surface area contributed by atoms with Gasteiger partial charge in [-0.2, -0.15) is 0 Å². The summed E-state index contributed by atoms with van der Waals surface area (Å²) in [5.41, 5.74) is 3.35. The van der Waals surface area contributed by atoms with Crippen molar-refractivity contribution in [3.05, 3.63) is 47.7 Å². The van der Waals surface area contributed by atoms with Crippen molar-refractivity contribution in [1.29, 1.82) is 0 Å². The van der Waals surface area contributed by atoms with E-state index in [0.717, 1.165) is 0 Å². The molecule has 4 rings (SSSR count). The number of carbonyl (C=O) groups is 3. The molecule has 0 radical (unpaired) electrons. The molecule has 0 saturated heterocycles. The number of aliphatic hydroxyl groups is 1. The average Bonchev–Trinajstić information content (AvgIpc) is 3.65. The lowest BCUT2D eigenvalue weighted by atomic mass is 10.0. The summed E-state index contributed by atoms with van der Waals surface area (Å²) in [4.78, 5) is 43.0. The molecule has 39 heavy (non-hydrogen) atoms. The van der Waals surface area contributed by atoms with Crippen LogP contribution < -0.4 is 0 Å². The summed E-state index contributed by atoms with van der Waals surface area (Å²) in [6.07, 6.45) is 0.781. The Morgan fingerprint density at radius 1 is 0.974 bits per heavy atom. The van der Waals surface area contributed by atoms with E-state index in [0.29, 0.717) is 33.5 Å². The molecule has 0 aromatic carbocycles. The van der Waals surface area contributed by atoms with Crippen molar-refractivity contribution in [3.8, 4) is 0 Å². The van der Waals surface area contributed by atoms with Crippen LogP contribution in [0.15, 0.2) is 39.6 Å². The van der Waals surface area contributed by atoms with Crippen LogP contribution in [0.25, 0.3) is 22.2 Å². The molecule has 12 heteroatoms. The fraction of sp³-hybridized carbons (Fsp3) is 0.444. The third-order valence-corrected chi connectivity index (χ3v) is 6.00. The maximum Gasteiger partial charge on any atom is 0.357 e. The summed E-state index contributed by atoms with van der Waals surface area (Å²) in [7, 11) is 0. The van der Waals surface area contributed by atoms with Crippen LogP contribution in [0.3, 0.4) is 0 Å². The Hall–Kier alpha value is -4.03. The molecule has 3 N–H and O–H groups in total. The molecule has 4 aromatic heterocycles. The number of hydrogen-bond donors (Lipinski definition) is 3. The number of aliphatic hydroxyl groups excluding tert-OH is 1. The van der Waals surface area contributed by atoms with Crippen LogP contribution in [-0.4, -0.2) is 46.1 Å². The Bertz CT molecular complexity index is 1410. The van der Waals surface area contributed by atoms with Crippen molar-refractivity contribution < 1.29 is 47.3 Å². The van der Waals surface area contributed by atoms with E-state index in [9.17, 15) is 19.5 Å². The lowest BCUT2D eigenvalue weighted by Gasteiger charge is -2.22. The molecule has 3 unspecified atom stereocenters. The number of furan rings is 2. The number of aromatic amines is 2. The molecule has 0 aliphatic carbocycles. The molecule has 12 nitrogen and oxygen atoms in total. The number of ether oxygens (including phenoxy) is 4. The maximum absolute atomic E-state index is 12.9. The zero-order valence-corrected chi connectivity index (χ0v) is 22.3. The van der Waals surface area contributed by atoms with Gasteiger partial charge in [0.1, 0.15) is 5.69 Å².